The Morgan fingerprint density at radius 3 is 1.35 bits per heavy atom. The number of hydrogen-bond donors (Lipinski definition) is 7. The monoisotopic (exact) mass is 1310 g/mol. The van der Waals surface area contributed by atoms with Gasteiger partial charge >= 0.3 is 5.97 Å². The van der Waals surface area contributed by atoms with E-state index in [1.807, 2.05) is 51.1 Å². The van der Waals surface area contributed by atoms with Gasteiger partial charge in [-0.2, -0.15) is 0 Å². The van der Waals surface area contributed by atoms with Crippen LogP contribution in [0.5, 0.6) is 0 Å². The molecule has 1 aromatic rings. The standard InChI is InChI=1S/C63H105N7O22/c1-4-5-13-52(66-49-71)61(77)69-55(48-50(2)3)62(78)68-53(16-15-51-11-7-6-8-12-51)60(76)65-22-25-82-27-29-84-31-33-86-35-37-88-39-41-90-43-45-92-47-46-91-44-42-89-40-38-87-36-34-85-32-30-83-28-26-81-24-20-57(73)67-54(63(79)80)14-9-10-21-64-56(72)19-23-70-58(74)17-18-59(70)75/h6-8,11-12,17-18,49-50,52-55H,4-5,9-10,13-16,19-48H2,1-3H3,(H,64,72)(H,65,76)(H,66,71)(H,67,73)(H,68,78)(H,69,77)(H,79,80)/t52-,53-,54-,55-/m0/s1. The van der Waals surface area contributed by atoms with Gasteiger partial charge in [-0.1, -0.05) is 63.9 Å². The summed E-state index contributed by atoms with van der Waals surface area (Å²) in [7, 11) is 0. The van der Waals surface area contributed by atoms with Crippen LogP contribution in [0.3, 0.4) is 0 Å². The van der Waals surface area contributed by atoms with E-state index in [1.54, 1.807) is 0 Å². The average molecular weight is 1310 g/mol. The molecule has 92 heavy (non-hydrogen) atoms. The first-order chi connectivity index (χ1) is 44.7. The van der Waals surface area contributed by atoms with E-state index < -0.39 is 59.7 Å². The van der Waals surface area contributed by atoms with E-state index in [-0.39, 0.29) is 76.4 Å². The predicted octanol–water partition coefficient (Wildman–Crippen LogP) is 0.816. The topological polar surface area (TPSA) is 360 Å². The second-order valence-electron chi connectivity index (χ2n) is 21.4. The Kier molecular flexibility index (Phi) is 50.3. The Hall–Kier alpha value is -6.09. The van der Waals surface area contributed by atoms with Crippen molar-refractivity contribution in [3.8, 4) is 0 Å². The van der Waals surface area contributed by atoms with E-state index in [0.29, 0.717) is 184 Å². The molecule has 29 heteroatoms. The van der Waals surface area contributed by atoms with Crippen molar-refractivity contribution in [3.05, 3.63) is 48.0 Å². The number of amides is 8. The van der Waals surface area contributed by atoms with Gasteiger partial charge in [0, 0.05) is 44.6 Å². The lowest BCUT2D eigenvalue weighted by Gasteiger charge is -2.26. The molecule has 0 unspecified atom stereocenters. The van der Waals surface area contributed by atoms with Crippen molar-refractivity contribution in [2.24, 2.45) is 5.92 Å². The maximum Gasteiger partial charge on any atom is 0.326 e. The van der Waals surface area contributed by atoms with Crippen LogP contribution < -0.4 is 31.9 Å². The van der Waals surface area contributed by atoms with E-state index in [1.165, 1.54) is 0 Å². The van der Waals surface area contributed by atoms with E-state index in [4.69, 9.17) is 56.8 Å². The first-order valence-corrected chi connectivity index (χ1v) is 32.1. The maximum absolute atomic E-state index is 13.6. The molecule has 0 aliphatic carbocycles. The number of carboxylic acids is 1. The maximum atomic E-state index is 13.6. The summed E-state index contributed by atoms with van der Waals surface area (Å²) in [5.41, 5.74) is 1.01. The molecule has 0 aromatic heterocycles. The lowest BCUT2D eigenvalue weighted by molar-refractivity contribution is -0.142. The largest absolute Gasteiger partial charge is 0.480 e. The Labute approximate surface area is 541 Å². The van der Waals surface area contributed by atoms with Gasteiger partial charge in [0.05, 0.1) is 159 Å². The second kappa shape index (κ2) is 56.5. The molecule has 7 N–H and O–H groups in total. The number of unbranched alkanes of at least 4 members (excludes halogenated alkanes) is 2. The van der Waals surface area contributed by atoms with Gasteiger partial charge in [0.2, 0.25) is 35.9 Å². The molecule has 4 atom stereocenters. The minimum Gasteiger partial charge on any atom is -0.480 e. The van der Waals surface area contributed by atoms with Crippen LogP contribution in [0.1, 0.15) is 90.5 Å². The number of carbonyl (C=O) groups is 9. The first kappa shape index (κ1) is 82.0. The van der Waals surface area contributed by atoms with Crippen molar-refractivity contribution >= 4 is 53.7 Å². The van der Waals surface area contributed by atoms with Crippen LogP contribution in [-0.4, -0.2) is 266 Å². The van der Waals surface area contributed by atoms with Crippen molar-refractivity contribution in [2.45, 2.75) is 116 Å². The molecular weight excluding hydrogens is 1210 g/mol. The summed E-state index contributed by atoms with van der Waals surface area (Å²) in [6.07, 6.45) is 7.07. The third kappa shape index (κ3) is 44.5. The number of nitrogens with zero attached hydrogens (tertiary/aromatic N) is 1. The van der Waals surface area contributed by atoms with Gasteiger partial charge in [0.1, 0.15) is 24.2 Å². The van der Waals surface area contributed by atoms with Gasteiger partial charge in [-0.3, -0.25) is 43.3 Å². The Morgan fingerprint density at radius 1 is 0.467 bits per heavy atom. The van der Waals surface area contributed by atoms with Gasteiger partial charge in [-0.05, 0) is 56.4 Å². The molecule has 1 aliphatic heterocycles. The van der Waals surface area contributed by atoms with Crippen molar-refractivity contribution < 1.29 is 105 Å². The van der Waals surface area contributed by atoms with Gasteiger partial charge in [0.15, 0.2) is 0 Å². The van der Waals surface area contributed by atoms with Crippen LogP contribution in [-0.2, 0) is 106 Å². The zero-order chi connectivity index (χ0) is 66.9. The molecule has 524 valence electrons. The van der Waals surface area contributed by atoms with Gasteiger partial charge in [-0.25, -0.2) is 4.79 Å². The molecule has 8 amide bonds. The number of ether oxygens (including phenoxy) is 12. The molecular formula is C63H105N7O22. The van der Waals surface area contributed by atoms with Crippen LogP contribution in [0.4, 0.5) is 0 Å². The highest BCUT2D eigenvalue weighted by atomic mass is 16.6. The van der Waals surface area contributed by atoms with Gasteiger partial charge in [0.25, 0.3) is 11.8 Å². The number of carboxylic acid groups (broad SMARTS) is 1. The lowest BCUT2D eigenvalue weighted by atomic mass is 10.00. The normalized spacial score (nSPS) is 13.4. The fraction of sp³-hybridized carbons (Fsp3) is 0.730. The highest BCUT2D eigenvalue weighted by Crippen LogP contribution is 2.11. The number of aliphatic carboxylic acids is 1. The summed E-state index contributed by atoms with van der Waals surface area (Å²) in [5, 5.41) is 25.8. The molecule has 0 bridgehead atoms. The van der Waals surface area contributed by atoms with E-state index in [9.17, 15) is 48.3 Å². The summed E-state index contributed by atoms with van der Waals surface area (Å²) in [6, 6.07) is 6.05. The van der Waals surface area contributed by atoms with Crippen LogP contribution in [0.15, 0.2) is 42.5 Å². The highest BCUT2D eigenvalue weighted by Gasteiger charge is 2.30. The number of imide groups is 1. The predicted molar refractivity (Wildman–Crippen MR) is 335 cm³/mol. The molecule has 0 spiro atoms. The van der Waals surface area contributed by atoms with Crippen molar-refractivity contribution in [1.82, 2.24) is 36.8 Å². The number of aryl methyl sites for hydroxylation is 1. The summed E-state index contributed by atoms with van der Waals surface area (Å²) < 4.78 is 66.3. The average Bonchev–Trinajstić information content (AvgIpc) is 2.98. The van der Waals surface area contributed by atoms with Crippen LogP contribution in [0, 0.1) is 5.92 Å². The Balaban J connectivity index is 1.32. The molecule has 0 saturated heterocycles. The number of benzene rings is 1. The fourth-order valence-corrected chi connectivity index (χ4v) is 8.49. The van der Waals surface area contributed by atoms with Gasteiger partial charge < -0.3 is 93.8 Å². The smallest absolute Gasteiger partial charge is 0.326 e. The molecule has 1 aliphatic rings. The lowest BCUT2D eigenvalue weighted by Crippen LogP contribution is -2.56. The number of carbonyl (C=O) groups excluding carboxylic acids is 8. The molecule has 0 radical (unpaired) electrons. The third-order valence-corrected chi connectivity index (χ3v) is 13.4. The SMILES string of the molecule is CCCC[C@H](NC=O)C(=O)N[C@@H](CC(C)C)C(=O)N[C@@H](CCc1ccccc1)C(=O)NCCOCCOCCOCCOCCOCCOCCOCCOCCOCCOCCOCCOCCC(=O)N[C@@H](CCCCNC(=O)CCN1C(=O)C=CC1=O)C(=O)O. The summed E-state index contributed by atoms with van der Waals surface area (Å²) in [4.78, 5) is 111. The van der Waals surface area contributed by atoms with Crippen LogP contribution >= 0.6 is 0 Å². The molecule has 29 nitrogen and oxygen atoms in total. The number of nitrogens with one attached hydrogen (secondary N) is 6. The molecule has 0 fully saturated rings. The third-order valence-electron chi connectivity index (χ3n) is 13.4. The van der Waals surface area contributed by atoms with Crippen LogP contribution in [0.2, 0.25) is 0 Å². The summed E-state index contributed by atoms with van der Waals surface area (Å²) in [5.74, 6) is -4.07. The van der Waals surface area contributed by atoms with Crippen molar-refractivity contribution in [2.75, 3.05) is 178 Å². The summed E-state index contributed by atoms with van der Waals surface area (Å²) >= 11 is 0. The van der Waals surface area contributed by atoms with E-state index in [0.717, 1.165) is 35.5 Å². The molecule has 1 aromatic carbocycles. The quantitative estimate of drug-likeness (QED) is 0.0270. The first-order valence-electron chi connectivity index (χ1n) is 32.1. The highest BCUT2D eigenvalue weighted by molar-refractivity contribution is 6.13. The molecule has 0 saturated carbocycles. The Morgan fingerprint density at radius 2 is 0.902 bits per heavy atom. The van der Waals surface area contributed by atoms with Crippen molar-refractivity contribution in [3.63, 3.8) is 0 Å². The zero-order valence-corrected chi connectivity index (χ0v) is 54.3. The minimum absolute atomic E-state index is 0.0177. The van der Waals surface area contributed by atoms with E-state index in [2.05, 4.69) is 31.9 Å². The zero-order valence-electron chi connectivity index (χ0n) is 54.3. The molecule has 1 heterocycles. The van der Waals surface area contributed by atoms with Crippen molar-refractivity contribution in [1.29, 1.82) is 0 Å². The fourth-order valence-electron chi connectivity index (χ4n) is 8.49. The molecule has 2 rings (SSSR count). The Bertz CT molecular complexity index is 2170. The number of hydrogen-bond acceptors (Lipinski definition) is 21. The summed E-state index contributed by atoms with van der Waals surface area (Å²) in [6.45, 7) is 15.2. The van der Waals surface area contributed by atoms with E-state index >= 15 is 0 Å². The number of rotatable bonds is 64. The second-order valence-corrected chi connectivity index (χ2v) is 21.4. The van der Waals surface area contributed by atoms with Gasteiger partial charge in [-0.15, -0.1) is 0 Å². The minimum atomic E-state index is -1.16. The van der Waals surface area contributed by atoms with Crippen LogP contribution in [0.25, 0.3) is 0 Å².